The predicted molar refractivity (Wildman–Crippen MR) is 122 cm³/mol. The van der Waals surface area contributed by atoms with Gasteiger partial charge in [-0.1, -0.05) is 25.1 Å². The minimum Gasteiger partial charge on any atom is -0.478 e. The summed E-state index contributed by atoms with van der Waals surface area (Å²) < 4.78 is 1.99. The average Bonchev–Trinajstić information content (AvgIpc) is 3.07. The highest BCUT2D eigenvalue weighted by molar-refractivity contribution is 6.07. The van der Waals surface area contributed by atoms with Crippen LogP contribution in [-0.2, 0) is 13.1 Å². The van der Waals surface area contributed by atoms with E-state index in [9.17, 15) is 14.7 Å². The third kappa shape index (κ3) is 5.12. The molecule has 7 nitrogen and oxygen atoms in total. The Bertz CT molecular complexity index is 1100. The first kappa shape index (κ1) is 22.1. The van der Waals surface area contributed by atoms with Crippen molar-refractivity contribution >= 4 is 23.3 Å². The fourth-order valence-corrected chi connectivity index (χ4v) is 3.58. The molecular weight excluding hydrogens is 392 g/mol. The van der Waals surface area contributed by atoms with Crippen LogP contribution in [0.4, 0.5) is 11.4 Å². The Morgan fingerprint density at radius 3 is 2.55 bits per heavy atom. The van der Waals surface area contributed by atoms with Crippen molar-refractivity contribution in [3.8, 4) is 0 Å². The summed E-state index contributed by atoms with van der Waals surface area (Å²) in [5, 5.41) is 16.9. The van der Waals surface area contributed by atoms with Gasteiger partial charge in [0.15, 0.2) is 0 Å². The number of nitrogens with one attached hydrogen (secondary N) is 1. The van der Waals surface area contributed by atoms with E-state index < -0.39 is 5.97 Å². The standard InChI is InChI=1S/C24H28N4O3/c1-5-12-28-19(13-17(3)26-28)15-27(4)22-11-10-18(24(30)31)14-21(22)25-23(29)20-9-7-6-8-16(20)2/h6-11,13-14H,5,12,15H2,1-4H3,(H,25,29)(H,30,31). The number of nitrogens with zero attached hydrogens (tertiary/aromatic N) is 3. The zero-order valence-electron chi connectivity index (χ0n) is 18.3. The average molecular weight is 421 g/mol. The number of anilines is 2. The molecule has 1 heterocycles. The van der Waals surface area contributed by atoms with Gasteiger partial charge < -0.3 is 15.3 Å². The van der Waals surface area contributed by atoms with Gasteiger partial charge in [-0.15, -0.1) is 0 Å². The molecule has 0 unspecified atom stereocenters. The third-order valence-electron chi connectivity index (χ3n) is 5.11. The maximum Gasteiger partial charge on any atom is 0.335 e. The van der Waals surface area contributed by atoms with Gasteiger partial charge in [0.25, 0.3) is 5.91 Å². The molecule has 0 aliphatic heterocycles. The van der Waals surface area contributed by atoms with Gasteiger partial charge in [-0.2, -0.15) is 5.10 Å². The summed E-state index contributed by atoms with van der Waals surface area (Å²) in [5.41, 5.74) is 4.70. The van der Waals surface area contributed by atoms with Crippen LogP contribution in [0, 0.1) is 13.8 Å². The number of hydrogen-bond acceptors (Lipinski definition) is 4. The van der Waals surface area contributed by atoms with Crippen LogP contribution in [0.1, 0.15) is 51.0 Å². The first-order chi connectivity index (χ1) is 14.8. The molecule has 0 spiro atoms. The lowest BCUT2D eigenvalue weighted by Gasteiger charge is -2.23. The number of aromatic carboxylic acids is 1. The molecule has 2 N–H and O–H groups in total. The summed E-state index contributed by atoms with van der Waals surface area (Å²) in [6, 6.07) is 14.1. The molecule has 3 aromatic rings. The minimum atomic E-state index is -1.04. The number of aromatic nitrogens is 2. The molecule has 0 saturated carbocycles. The van der Waals surface area contributed by atoms with Crippen LogP contribution in [0.5, 0.6) is 0 Å². The van der Waals surface area contributed by atoms with Crippen molar-refractivity contribution in [2.45, 2.75) is 40.3 Å². The second-order valence-electron chi connectivity index (χ2n) is 7.66. The second kappa shape index (κ2) is 9.47. The van der Waals surface area contributed by atoms with Crippen LogP contribution < -0.4 is 10.2 Å². The molecule has 1 aromatic heterocycles. The van der Waals surface area contributed by atoms with Gasteiger partial charge in [-0.25, -0.2) is 4.79 Å². The van der Waals surface area contributed by atoms with Crippen molar-refractivity contribution in [3.05, 3.63) is 76.6 Å². The molecule has 2 aromatic carbocycles. The Labute approximate surface area is 182 Å². The van der Waals surface area contributed by atoms with E-state index >= 15 is 0 Å². The molecule has 0 aliphatic carbocycles. The number of aryl methyl sites for hydroxylation is 3. The normalized spacial score (nSPS) is 10.7. The molecule has 1 amide bonds. The van der Waals surface area contributed by atoms with Crippen LogP contribution >= 0.6 is 0 Å². The van der Waals surface area contributed by atoms with Gasteiger partial charge in [0.05, 0.1) is 34.9 Å². The van der Waals surface area contributed by atoms with Gasteiger partial charge in [0.1, 0.15) is 0 Å². The van der Waals surface area contributed by atoms with Crippen molar-refractivity contribution < 1.29 is 14.7 Å². The highest BCUT2D eigenvalue weighted by atomic mass is 16.4. The largest absolute Gasteiger partial charge is 0.478 e. The third-order valence-corrected chi connectivity index (χ3v) is 5.11. The summed E-state index contributed by atoms with van der Waals surface area (Å²) in [7, 11) is 1.91. The fraction of sp³-hybridized carbons (Fsp3) is 0.292. The van der Waals surface area contributed by atoms with Crippen LogP contribution in [0.3, 0.4) is 0 Å². The maximum absolute atomic E-state index is 12.9. The molecule has 0 saturated heterocycles. The summed E-state index contributed by atoms with van der Waals surface area (Å²) in [6.07, 6.45) is 0.975. The highest BCUT2D eigenvalue weighted by Crippen LogP contribution is 2.29. The molecule has 162 valence electrons. The first-order valence-electron chi connectivity index (χ1n) is 10.3. The number of amides is 1. The van der Waals surface area contributed by atoms with Gasteiger partial charge >= 0.3 is 5.97 Å². The van der Waals surface area contributed by atoms with Gasteiger partial charge in [0, 0.05) is 19.2 Å². The van der Waals surface area contributed by atoms with E-state index in [1.165, 1.54) is 6.07 Å². The van der Waals surface area contributed by atoms with Crippen molar-refractivity contribution in [2.75, 3.05) is 17.3 Å². The van der Waals surface area contributed by atoms with Crippen LogP contribution in [0.2, 0.25) is 0 Å². The molecule has 31 heavy (non-hydrogen) atoms. The number of rotatable bonds is 8. The number of carboxylic acid groups (broad SMARTS) is 1. The smallest absolute Gasteiger partial charge is 0.335 e. The topological polar surface area (TPSA) is 87.5 Å². The highest BCUT2D eigenvalue weighted by Gasteiger charge is 2.17. The lowest BCUT2D eigenvalue weighted by atomic mass is 10.1. The van der Waals surface area contributed by atoms with E-state index in [-0.39, 0.29) is 11.5 Å². The molecule has 0 bridgehead atoms. The number of carbonyl (C=O) groups is 2. The second-order valence-corrected chi connectivity index (χ2v) is 7.66. The molecule has 0 aliphatic rings. The van der Waals surface area contributed by atoms with E-state index in [1.807, 2.05) is 48.7 Å². The maximum atomic E-state index is 12.9. The van der Waals surface area contributed by atoms with E-state index in [1.54, 1.807) is 24.3 Å². The Morgan fingerprint density at radius 2 is 1.87 bits per heavy atom. The Kier molecular flexibility index (Phi) is 6.74. The van der Waals surface area contributed by atoms with Crippen LogP contribution in [0.25, 0.3) is 0 Å². The van der Waals surface area contributed by atoms with E-state index in [0.717, 1.165) is 35.6 Å². The van der Waals surface area contributed by atoms with E-state index in [0.29, 0.717) is 17.8 Å². The van der Waals surface area contributed by atoms with Crippen molar-refractivity contribution in [3.63, 3.8) is 0 Å². The van der Waals surface area contributed by atoms with Crippen molar-refractivity contribution in [1.82, 2.24) is 9.78 Å². The number of carbonyl (C=O) groups excluding carboxylic acids is 1. The summed E-state index contributed by atoms with van der Waals surface area (Å²) in [6.45, 7) is 7.33. The molecule has 0 radical (unpaired) electrons. The zero-order chi connectivity index (χ0) is 22.5. The SMILES string of the molecule is CCCn1nc(C)cc1CN(C)c1ccc(C(=O)O)cc1NC(=O)c1ccccc1C. The van der Waals surface area contributed by atoms with Gasteiger partial charge in [0.2, 0.25) is 0 Å². The van der Waals surface area contributed by atoms with Crippen molar-refractivity contribution in [1.29, 1.82) is 0 Å². The number of carboxylic acids is 1. The Balaban J connectivity index is 1.93. The fourth-order valence-electron chi connectivity index (χ4n) is 3.58. The molecule has 3 rings (SSSR count). The molecular formula is C24H28N4O3. The van der Waals surface area contributed by atoms with Gasteiger partial charge in [-0.3, -0.25) is 9.48 Å². The first-order valence-corrected chi connectivity index (χ1v) is 10.3. The van der Waals surface area contributed by atoms with E-state index in [4.69, 9.17) is 0 Å². The van der Waals surface area contributed by atoms with Crippen LogP contribution in [-0.4, -0.2) is 33.8 Å². The summed E-state index contributed by atoms with van der Waals surface area (Å²) in [4.78, 5) is 26.4. The number of hydrogen-bond donors (Lipinski definition) is 2. The van der Waals surface area contributed by atoms with Crippen molar-refractivity contribution in [2.24, 2.45) is 0 Å². The van der Waals surface area contributed by atoms with Gasteiger partial charge in [-0.05, 0) is 56.2 Å². The quantitative estimate of drug-likeness (QED) is 0.560. The summed E-state index contributed by atoms with van der Waals surface area (Å²) >= 11 is 0. The monoisotopic (exact) mass is 420 g/mol. The predicted octanol–water partition coefficient (Wildman–Crippen LogP) is 4.50. The molecule has 0 fully saturated rings. The number of benzene rings is 2. The Hall–Kier alpha value is -3.61. The molecule has 0 atom stereocenters. The Morgan fingerprint density at radius 1 is 1.13 bits per heavy atom. The summed E-state index contributed by atoms with van der Waals surface area (Å²) in [5.74, 6) is -1.32. The van der Waals surface area contributed by atoms with E-state index in [2.05, 4.69) is 17.3 Å². The minimum absolute atomic E-state index is 0.115. The molecule has 7 heteroatoms. The van der Waals surface area contributed by atoms with Crippen LogP contribution in [0.15, 0.2) is 48.5 Å². The zero-order valence-corrected chi connectivity index (χ0v) is 18.3. The lowest BCUT2D eigenvalue weighted by Crippen LogP contribution is -2.22. The lowest BCUT2D eigenvalue weighted by molar-refractivity contribution is 0.0696.